The van der Waals surface area contributed by atoms with Gasteiger partial charge in [-0.25, -0.2) is 9.78 Å². The van der Waals surface area contributed by atoms with Gasteiger partial charge in [-0.1, -0.05) is 11.6 Å². The first kappa shape index (κ1) is 16.8. The summed E-state index contributed by atoms with van der Waals surface area (Å²) in [6.07, 6.45) is 0. The highest BCUT2D eigenvalue weighted by Gasteiger charge is 2.17. The molecule has 0 N–H and O–H groups in total. The van der Waals surface area contributed by atoms with Gasteiger partial charge in [-0.15, -0.1) is 0 Å². The van der Waals surface area contributed by atoms with E-state index in [-0.39, 0.29) is 5.52 Å². The van der Waals surface area contributed by atoms with Crippen LogP contribution in [-0.4, -0.2) is 25.3 Å². The van der Waals surface area contributed by atoms with Crippen molar-refractivity contribution in [3.05, 3.63) is 54.9 Å². The topological polar surface area (TPSA) is 71.0 Å². The number of hydrogen-bond donors (Lipinski definition) is 0. The first-order chi connectivity index (χ1) is 11.4. The molecule has 1 aromatic carbocycles. The van der Waals surface area contributed by atoms with Gasteiger partial charge in [0.2, 0.25) is 0 Å². The molecule has 0 amide bonds. The summed E-state index contributed by atoms with van der Waals surface area (Å²) in [4.78, 5) is 28.5. The van der Waals surface area contributed by atoms with Gasteiger partial charge in [0.05, 0.1) is 6.54 Å². The first-order valence-corrected chi connectivity index (χ1v) is 8.27. The number of hydrogen-bond acceptors (Lipinski definition) is 4. The van der Waals surface area contributed by atoms with Gasteiger partial charge >= 0.3 is 5.69 Å². The Morgan fingerprint density at radius 2 is 1.83 bits per heavy atom. The fraction of sp³-hybridized carbons (Fsp3) is 0.267. The molecule has 0 aliphatic heterocycles. The third-order valence-corrected chi connectivity index (χ3v) is 4.55. The second-order valence-electron chi connectivity index (χ2n) is 5.21. The van der Waals surface area contributed by atoms with E-state index in [4.69, 9.17) is 16.3 Å². The minimum atomic E-state index is -0.425. The molecule has 126 valence electrons. The van der Waals surface area contributed by atoms with Gasteiger partial charge in [0.1, 0.15) is 12.4 Å². The third-order valence-electron chi connectivity index (χ3n) is 3.69. The second-order valence-corrected chi connectivity index (χ2v) is 6.36. The predicted octanol–water partition coefficient (Wildman–Crippen LogP) is 1.93. The van der Waals surface area contributed by atoms with Gasteiger partial charge in [0.15, 0.2) is 15.9 Å². The van der Waals surface area contributed by atoms with Crippen LogP contribution in [0.2, 0.25) is 5.02 Å². The molecule has 0 saturated heterocycles. The van der Waals surface area contributed by atoms with Crippen LogP contribution in [0.5, 0.6) is 5.75 Å². The molecule has 0 aliphatic rings. The summed E-state index contributed by atoms with van der Waals surface area (Å²) in [6, 6.07) is 7.03. The van der Waals surface area contributed by atoms with E-state index in [9.17, 15) is 9.59 Å². The monoisotopic (exact) mass is 412 g/mol. The molecule has 24 heavy (non-hydrogen) atoms. The first-order valence-electron chi connectivity index (χ1n) is 7.10. The molecule has 0 atom stereocenters. The highest BCUT2D eigenvalue weighted by Crippen LogP contribution is 2.18. The zero-order chi connectivity index (χ0) is 17.4. The molecule has 0 bridgehead atoms. The van der Waals surface area contributed by atoms with E-state index in [1.807, 2.05) is 0 Å². The van der Waals surface area contributed by atoms with Crippen LogP contribution in [0.25, 0.3) is 11.2 Å². The van der Waals surface area contributed by atoms with Crippen LogP contribution < -0.4 is 16.0 Å². The Bertz CT molecular complexity index is 1020. The van der Waals surface area contributed by atoms with Gasteiger partial charge < -0.3 is 9.30 Å². The number of aryl methyl sites for hydroxylation is 1. The zero-order valence-electron chi connectivity index (χ0n) is 13.0. The third kappa shape index (κ3) is 2.87. The van der Waals surface area contributed by atoms with Crippen LogP contribution in [0, 0.1) is 0 Å². The number of fused-ring (bicyclic) bond motifs is 1. The SMILES string of the molecule is Cn1c(=O)c2nc(Br)n(CCOc3ccc(Cl)cc3)c2n(C)c1=O. The molecule has 2 heterocycles. The van der Waals surface area contributed by atoms with Crippen molar-refractivity contribution in [3.8, 4) is 5.75 Å². The van der Waals surface area contributed by atoms with Crippen molar-refractivity contribution >= 4 is 38.7 Å². The van der Waals surface area contributed by atoms with E-state index < -0.39 is 11.2 Å². The highest BCUT2D eigenvalue weighted by atomic mass is 79.9. The molecule has 0 spiro atoms. The summed E-state index contributed by atoms with van der Waals surface area (Å²) in [5.74, 6) is 0.685. The summed E-state index contributed by atoms with van der Waals surface area (Å²) in [5.41, 5.74) is -0.140. The average Bonchev–Trinajstić information content (AvgIpc) is 2.90. The van der Waals surface area contributed by atoms with Gasteiger partial charge in [-0.05, 0) is 40.2 Å². The maximum Gasteiger partial charge on any atom is 0.332 e. The lowest BCUT2D eigenvalue weighted by atomic mass is 10.3. The molecule has 0 radical (unpaired) electrons. The van der Waals surface area contributed by atoms with Crippen molar-refractivity contribution < 1.29 is 4.74 Å². The Morgan fingerprint density at radius 3 is 2.50 bits per heavy atom. The lowest BCUT2D eigenvalue weighted by molar-refractivity contribution is 0.298. The number of halogens is 2. The lowest BCUT2D eigenvalue weighted by Gasteiger charge is -2.11. The quantitative estimate of drug-likeness (QED) is 0.613. The Labute approximate surface area is 150 Å². The summed E-state index contributed by atoms with van der Waals surface area (Å²) >= 11 is 9.17. The Hall–Kier alpha value is -2.06. The lowest BCUT2D eigenvalue weighted by Crippen LogP contribution is -2.37. The number of aromatic nitrogens is 4. The fourth-order valence-corrected chi connectivity index (χ4v) is 3.09. The number of benzene rings is 1. The van der Waals surface area contributed by atoms with Gasteiger partial charge in [-0.3, -0.25) is 13.9 Å². The van der Waals surface area contributed by atoms with Crippen molar-refractivity contribution in [3.63, 3.8) is 0 Å². The van der Waals surface area contributed by atoms with Gasteiger partial charge in [0, 0.05) is 19.1 Å². The number of ether oxygens (including phenoxy) is 1. The van der Waals surface area contributed by atoms with Crippen LogP contribution >= 0.6 is 27.5 Å². The van der Waals surface area contributed by atoms with Crippen molar-refractivity contribution in [2.45, 2.75) is 6.54 Å². The van der Waals surface area contributed by atoms with Crippen LogP contribution in [0.1, 0.15) is 0 Å². The Kier molecular flexibility index (Phi) is 4.51. The molecule has 0 unspecified atom stereocenters. The Balaban J connectivity index is 1.92. The number of nitrogens with zero attached hydrogens (tertiary/aromatic N) is 4. The normalized spacial score (nSPS) is 11.2. The molecule has 0 aliphatic carbocycles. The molecule has 0 fully saturated rings. The smallest absolute Gasteiger partial charge is 0.332 e. The number of imidazole rings is 1. The Morgan fingerprint density at radius 1 is 1.17 bits per heavy atom. The van der Waals surface area contributed by atoms with Crippen molar-refractivity contribution in [2.24, 2.45) is 14.1 Å². The van der Waals surface area contributed by atoms with E-state index >= 15 is 0 Å². The minimum Gasteiger partial charge on any atom is -0.492 e. The average molecular weight is 414 g/mol. The molecule has 3 rings (SSSR count). The number of rotatable bonds is 4. The molecular formula is C15H14BrClN4O3. The van der Waals surface area contributed by atoms with Gasteiger partial charge in [0.25, 0.3) is 5.56 Å². The summed E-state index contributed by atoms with van der Waals surface area (Å²) < 4.78 is 10.3. The largest absolute Gasteiger partial charge is 0.492 e. The molecule has 2 aromatic heterocycles. The zero-order valence-corrected chi connectivity index (χ0v) is 15.3. The van der Waals surface area contributed by atoms with Gasteiger partial charge in [-0.2, -0.15) is 0 Å². The van der Waals surface area contributed by atoms with E-state index in [0.29, 0.717) is 34.3 Å². The molecule has 3 aromatic rings. The van der Waals surface area contributed by atoms with E-state index in [1.54, 1.807) is 35.9 Å². The van der Waals surface area contributed by atoms with E-state index in [1.165, 1.54) is 11.6 Å². The standard InChI is InChI=1S/C15H14BrClN4O3/c1-19-12-11(13(22)20(2)15(19)23)18-14(16)21(12)7-8-24-10-5-3-9(17)4-6-10/h3-6H,7-8H2,1-2H3. The second kappa shape index (κ2) is 6.45. The maximum atomic E-state index is 12.2. The summed E-state index contributed by atoms with van der Waals surface area (Å²) in [6.45, 7) is 0.759. The van der Waals surface area contributed by atoms with Crippen molar-refractivity contribution in [1.29, 1.82) is 0 Å². The fourth-order valence-electron chi connectivity index (χ4n) is 2.45. The maximum absolute atomic E-state index is 12.2. The highest BCUT2D eigenvalue weighted by molar-refractivity contribution is 9.10. The molecular weight excluding hydrogens is 400 g/mol. The molecule has 7 nitrogen and oxygen atoms in total. The minimum absolute atomic E-state index is 0.234. The molecule has 0 saturated carbocycles. The van der Waals surface area contributed by atoms with E-state index in [2.05, 4.69) is 20.9 Å². The van der Waals surface area contributed by atoms with Crippen LogP contribution in [-0.2, 0) is 20.6 Å². The van der Waals surface area contributed by atoms with Crippen LogP contribution in [0.4, 0.5) is 0 Å². The molecule has 9 heteroatoms. The van der Waals surface area contributed by atoms with E-state index in [0.717, 1.165) is 4.57 Å². The summed E-state index contributed by atoms with van der Waals surface area (Å²) in [7, 11) is 3.04. The van der Waals surface area contributed by atoms with Crippen molar-refractivity contribution in [1.82, 2.24) is 18.7 Å². The van der Waals surface area contributed by atoms with Crippen LogP contribution in [0.3, 0.4) is 0 Å². The predicted molar refractivity (Wildman–Crippen MR) is 94.9 cm³/mol. The van der Waals surface area contributed by atoms with Crippen molar-refractivity contribution in [2.75, 3.05) is 6.61 Å². The summed E-state index contributed by atoms with van der Waals surface area (Å²) in [5, 5.41) is 0.636. The van der Waals surface area contributed by atoms with Crippen LogP contribution in [0.15, 0.2) is 38.6 Å².